The fourth-order valence-corrected chi connectivity index (χ4v) is 1.23. The maximum absolute atomic E-state index is 11.4. The van der Waals surface area contributed by atoms with Gasteiger partial charge in [-0.25, -0.2) is 0 Å². The molecule has 0 rings (SSSR count). The van der Waals surface area contributed by atoms with Gasteiger partial charge in [-0.3, -0.25) is 19.3 Å². The third kappa shape index (κ3) is 5.11. The lowest BCUT2D eigenvalue weighted by Gasteiger charge is -2.24. The molecule has 2 amide bonds. The van der Waals surface area contributed by atoms with E-state index in [1.54, 1.807) is 13.8 Å². The largest absolute Gasteiger partial charge is 0.369 e. The van der Waals surface area contributed by atoms with Crippen molar-refractivity contribution in [3.05, 3.63) is 0 Å². The molecule has 0 heterocycles. The predicted molar refractivity (Wildman–Crippen MR) is 54.7 cm³/mol. The lowest BCUT2D eigenvalue weighted by molar-refractivity contribution is -0.127. The molecular weight excluding hydrogens is 198 g/mol. The summed E-state index contributed by atoms with van der Waals surface area (Å²) in [5.74, 6) is -1.24. The van der Waals surface area contributed by atoms with Crippen molar-refractivity contribution in [3.63, 3.8) is 0 Å². The van der Waals surface area contributed by atoms with Gasteiger partial charge < -0.3 is 11.5 Å². The highest BCUT2D eigenvalue weighted by atomic mass is 16.2. The van der Waals surface area contributed by atoms with E-state index in [4.69, 9.17) is 11.5 Å². The molecule has 86 valence electrons. The average molecular weight is 215 g/mol. The standard InChI is InChI=1S/C9H17N3O3/c1-3-7(13)6(2)12(4-8(10)14)5-9(11)15/h6H,3-5H2,1-2H3,(H2,10,14)(H2,11,15). The Hall–Kier alpha value is -1.43. The van der Waals surface area contributed by atoms with E-state index in [2.05, 4.69) is 0 Å². The van der Waals surface area contributed by atoms with Crippen LogP contribution in [-0.2, 0) is 14.4 Å². The summed E-state index contributed by atoms with van der Waals surface area (Å²) >= 11 is 0. The molecule has 0 fully saturated rings. The van der Waals surface area contributed by atoms with Gasteiger partial charge in [0.2, 0.25) is 11.8 Å². The van der Waals surface area contributed by atoms with E-state index in [0.717, 1.165) is 0 Å². The number of Topliss-reactive ketones (excluding diaryl/α,β-unsaturated/α-hetero) is 1. The van der Waals surface area contributed by atoms with E-state index in [1.165, 1.54) is 4.90 Å². The molecule has 0 aromatic heterocycles. The number of amides is 2. The molecule has 15 heavy (non-hydrogen) atoms. The van der Waals surface area contributed by atoms with Crippen LogP contribution in [0.2, 0.25) is 0 Å². The summed E-state index contributed by atoms with van der Waals surface area (Å²) < 4.78 is 0. The second-order valence-corrected chi connectivity index (χ2v) is 3.33. The van der Waals surface area contributed by atoms with Crippen LogP contribution in [-0.4, -0.2) is 41.6 Å². The molecule has 0 aromatic rings. The number of primary amides is 2. The van der Waals surface area contributed by atoms with Gasteiger partial charge in [0.25, 0.3) is 0 Å². The Bertz CT molecular complexity index is 249. The molecule has 6 nitrogen and oxygen atoms in total. The molecule has 0 bridgehead atoms. The molecule has 6 heteroatoms. The van der Waals surface area contributed by atoms with Gasteiger partial charge in [-0.2, -0.15) is 0 Å². The van der Waals surface area contributed by atoms with Crippen molar-refractivity contribution in [1.29, 1.82) is 0 Å². The van der Waals surface area contributed by atoms with E-state index in [-0.39, 0.29) is 18.9 Å². The van der Waals surface area contributed by atoms with Gasteiger partial charge in [0.1, 0.15) is 5.78 Å². The Morgan fingerprint density at radius 3 is 1.80 bits per heavy atom. The summed E-state index contributed by atoms with van der Waals surface area (Å²) in [6.07, 6.45) is 0.342. The molecule has 0 aliphatic rings. The van der Waals surface area contributed by atoms with Crippen molar-refractivity contribution in [2.75, 3.05) is 13.1 Å². The molecule has 0 saturated carbocycles. The van der Waals surface area contributed by atoms with Crippen LogP contribution >= 0.6 is 0 Å². The molecule has 0 saturated heterocycles. The molecule has 0 radical (unpaired) electrons. The molecule has 0 spiro atoms. The van der Waals surface area contributed by atoms with Crippen LogP contribution in [0.25, 0.3) is 0 Å². The van der Waals surface area contributed by atoms with Gasteiger partial charge in [0.15, 0.2) is 0 Å². The van der Waals surface area contributed by atoms with Crippen LogP contribution in [0.4, 0.5) is 0 Å². The summed E-state index contributed by atoms with van der Waals surface area (Å²) in [7, 11) is 0. The molecular formula is C9H17N3O3. The second kappa shape index (κ2) is 6.13. The van der Waals surface area contributed by atoms with Crippen molar-refractivity contribution < 1.29 is 14.4 Å². The van der Waals surface area contributed by atoms with E-state index < -0.39 is 17.9 Å². The highest BCUT2D eigenvalue weighted by Gasteiger charge is 2.22. The first-order valence-electron chi connectivity index (χ1n) is 4.71. The van der Waals surface area contributed by atoms with E-state index in [0.29, 0.717) is 6.42 Å². The first-order valence-corrected chi connectivity index (χ1v) is 4.71. The van der Waals surface area contributed by atoms with E-state index in [1.807, 2.05) is 0 Å². The lowest BCUT2D eigenvalue weighted by Crippen LogP contribution is -2.47. The number of ketones is 1. The van der Waals surface area contributed by atoms with Crippen LogP contribution in [0.15, 0.2) is 0 Å². The number of carbonyl (C=O) groups is 3. The van der Waals surface area contributed by atoms with Gasteiger partial charge in [-0.15, -0.1) is 0 Å². The Morgan fingerprint density at radius 1 is 1.13 bits per heavy atom. The normalized spacial score (nSPS) is 12.5. The van der Waals surface area contributed by atoms with Crippen LogP contribution in [0.1, 0.15) is 20.3 Å². The van der Waals surface area contributed by atoms with E-state index >= 15 is 0 Å². The van der Waals surface area contributed by atoms with Gasteiger partial charge in [-0.1, -0.05) is 6.92 Å². The summed E-state index contributed by atoms with van der Waals surface area (Å²) in [4.78, 5) is 34.2. The van der Waals surface area contributed by atoms with Crippen molar-refractivity contribution in [2.45, 2.75) is 26.3 Å². The zero-order valence-corrected chi connectivity index (χ0v) is 9.03. The topological polar surface area (TPSA) is 106 Å². The van der Waals surface area contributed by atoms with Gasteiger partial charge in [0, 0.05) is 6.42 Å². The number of carbonyl (C=O) groups excluding carboxylic acids is 3. The minimum atomic E-state index is -0.591. The number of rotatable bonds is 7. The third-order valence-corrected chi connectivity index (χ3v) is 2.08. The maximum atomic E-state index is 11.4. The fourth-order valence-electron chi connectivity index (χ4n) is 1.23. The van der Waals surface area contributed by atoms with Crippen molar-refractivity contribution in [3.8, 4) is 0 Å². The first kappa shape index (κ1) is 13.6. The minimum Gasteiger partial charge on any atom is -0.369 e. The Balaban J connectivity index is 4.53. The number of nitrogens with zero attached hydrogens (tertiary/aromatic N) is 1. The SMILES string of the molecule is CCC(=O)C(C)N(CC(N)=O)CC(N)=O. The molecule has 0 aliphatic carbocycles. The number of nitrogens with two attached hydrogens (primary N) is 2. The van der Waals surface area contributed by atoms with Gasteiger partial charge in [-0.05, 0) is 6.92 Å². The molecule has 1 atom stereocenters. The molecule has 0 aliphatic heterocycles. The third-order valence-electron chi connectivity index (χ3n) is 2.08. The van der Waals surface area contributed by atoms with Gasteiger partial charge >= 0.3 is 0 Å². The first-order chi connectivity index (χ1) is 6.88. The highest BCUT2D eigenvalue weighted by molar-refractivity contribution is 5.86. The van der Waals surface area contributed by atoms with Crippen molar-refractivity contribution in [1.82, 2.24) is 4.90 Å². The van der Waals surface area contributed by atoms with Gasteiger partial charge in [0.05, 0.1) is 19.1 Å². The monoisotopic (exact) mass is 215 g/mol. The van der Waals surface area contributed by atoms with E-state index in [9.17, 15) is 14.4 Å². The van der Waals surface area contributed by atoms with Crippen molar-refractivity contribution in [2.24, 2.45) is 11.5 Å². The summed E-state index contributed by atoms with van der Waals surface area (Å²) in [5.41, 5.74) is 10.0. The summed E-state index contributed by atoms with van der Waals surface area (Å²) in [6.45, 7) is 3.05. The Kier molecular flexibility index (Phi) is 5.54. The molecule has 1 unspecified atom stereocenters. The Labute approximate surface area is 88.6 Å². The van der Waals surface area contributed by atoms with Crippen LogP contribution in [0.3, 0.4) is 0 Å². The van der Waals surface area contributed by atoms with Crippen LogP contribution in [0, 0.1) is 0 Å². The lowest BCUT2D eigenvalue weighted by atomic mass is 10.1. The quantitative estimate of drug-likeness (QED) is 0.546. The maximum Gasteiger partial charge on any atom is 0.231 e. The van der Waals surface area contributed by atoms with Crippen molar-refractivity contribution >= 4 is 17.6 Å². The Morgan fingerprint density at radius 2 is 1.53 bits per heavy atom. The highest BCUT2D eigenvalue weighted by Crippen LogP contribution is 2.02. The zero-order chi connectivity index (χ0) is 12.0. The van der Waals surface area contributed by atoms with Crippen LogP contribution in [0.5, 0.6) is 0 Å². The molecule has 4 N–H and O–H groups in total. The summed E-state index contributed by atoms with van der Waals surface area (Å²) in [6, 6.07) is -0.519. The second-order valence-electron chi connectivity index (χ2n) is 3.33. The minimum absolute atomic E-state index is 0.0579. The predicted octanol–water partition coefficient (Wildman–Crippen LogP) is -1.37. The molecule has 0 aromatic carbocycles. The average Bonchev–Trinajstić information content (AvgIpc) is 2.13. The zero-order valence-electron chi connectivity index (χ0n) is 9.03. The number of hydrogen-bond acceptors (Lipinski definition) is 4. The number of hydrogen-bond donors (Lipinski definition) is 2. The smallest absolute Gasteiger partial charge is 0.231 e. The fraction of sp³-hybridized carbons (Fsp3) is 0.667. The summed E-state index contributed by atoms with van der Waals surface area (Å²) in [5, 5.41) is 0. The van der Waals surface area contributed by atoms with Crippen LogP contribution < -0.4 is 11.5 Å².